The maximum Gasteiger partial charge on any atom is 0.261 e. The highest BCUT2D eigenvalue weighted by Crippen LogP contribution is 2.50. The Morgan fingerprint density at radius 1 is 0.438 bits per heavy atom. The summed E-state index contributed by atoms with van der Waals surface area (Å²) in [7, 11) is 0. The summed E-state index contributed by atoms with van der Waals surface area (Å²) in [5.41, 5.74) is 2.07. The number of rotatable bonds is 6. The number of amides is 4. The second kappa shape index (κ2) is 11.6. The number of carbonyl (C=O) groups is 4. The molecule has 244 valence electrons. The van der Waals surface area contributed by atoms with Gasteiger partial charge in [0.2, 0.25) is 0 Å². The second-order valence-corrected chi connectivity index (χ2v) is 15.4. The SMILES string of the molecule is O=C1c2ccc3c4c(Br)cc5c6c(ccc(c7c(Br)cc(c2c37)C(=O)N1CCN1CCCCC1)c64)C(=O)N(CCN1CCCCC1)C5=O. The fourth-order valence-corrected chi connectivity index (χ4v) is 10.0. The Hall–Kier alpha value is -3.44. The van der Waals surface area contributed by atoms with E-state index in [1.165, 1.54) is 22.6 Å². The number of carbonyl (C=O) groups excluding carboxylic acids is 4. The molecule has 48 heavy (non-hydrogen) atoms. The summed E-state index contributed by atoms with van der Waals surface area (Å²) in [4.78, 5) is 63.5. The van der Waals surface area contributed by atoms with Gasteiger partial charge in [0.15, 0.2) is 0 Å². The van der Waals surface area contributed by atoms with Crippen molar-refractivity contribution in [2.75, 3.05) is 52.4 Å². The lowest BCUT2D eigenvalue weighted by Gasteiger charge is -2.33. The minimum absolute atomic E-state index is 0.264. The molecule has 4 aliphatic rings. The van der Waals surface area contributed by atoms with E-state index in [1.54, 1.807) is 0 Å². The molecule has 0 aromatic heterocycles. The van der Waals surface area contributed by atoms with Crippen LogP contribution < -0.4 is 0 Å². The Morgan fingerprint density at radius 2 is 0.812 bits per heavy atom. The molecule has 4 heterocycles. The van der Waals surface area contributed by atoms with Gasteiger partial charge in [0, 0.05) is 89.7 Å². The molecule has 4 aliphatic heterocycles. The van der Waals surface area contributed by atoms with E-state index < -0.39 is 0 Å². The van der Waals surface area contributed by atoms with E-state index in [2.05, 4.69) is 41.7 Å². The molecule has 5 aromatic carbocycles. The molecule has 4 amide bonds. The predicted octanol–water partition coefficient (Wildman–Crippen LogP) is 7.43. The molecule has 0 unspecified atom stereocenters. The smallest absolute Gasteiger partial charge is 0.261 e. The van der Waals surface area contributed by atoms with Gasteiger partial charge in [0.05, 0.1) is 0 Å². The van der Waals surface area contributed by atoms with Gasteiger partial charge in [-0.05, 0) is 86.9 Å². The van der Waals surface area contributed by atoms with Gasteiger partial charge in [-0.15, -0.1) is 0 Å². The maximum atomic E-state index is 14.0. The third-order valence-electron chi connectivity index (χ3n) is 11.1. The van der Waals surface area contributed by atoms with Crippen molar-refractivity contribution in [3.05, 3.63) is 67.6 Å². The van der Waals surface area contributed by atoms with Gasteiger partial charge in [0.25, 0.3) is 23.6 Å². The molecule has 0 bridgehead atoms. The van der Waals surface area contributed by atoms with E-state index >= 15 is 0 Å². The number of imide groups is 2. The molecule has 0 radical (unpaired) electrons. The van der Waals surface area contributed by atoms with Crippen molar-refractivity contribution in [2.24, 2.45) is 0 Å². The highest BCUT2D eigenvalue weighted by atomic mass is 79.9. The van der Waals surface area contributed by atoms with Crippen LogP contribution in [0.4, 0.5) is 0 Å². The summed E-state index contributed by atoms with van der Waals surface area (Å²) in [6.45, 7) is 6.05. The molecule has 10 heteroatoms. The number of fused-ring (bicyclic) bond motifs is 2. The second-order valence-electron chi connectivity index (χ2n) is 13.7. The lowest BCUT2D eigenvalue weighted by molar-refractivity contribution is 0.0573. The fourth-order valence-electron chi connectivity index (χ4n) is 8.72. The van der Waals surface area contributed by atoms with Crippen LogP contribution in [0, 0.1) is 0 Å². The molecule has 0 spiro atoms. The summed E-state index contributed by atoms with van der Waals surface area (Å²) in [5.74, 6) is -1.07. The topological polar surface area (TPSA) is 81.2 Å². The van der Waals surface area contributed by atoms with Crippen LogP contribution in [-0.2, 0) is 0 Å². The minimum Gasteiger partial charge on any atom is -0.302 e. The summed E-state index contributed by atoms with van der Waals surface area (Å²) in [6.07, 6.45) is 7.05. The van der Waals surface area contributed by atoms with Crippen molar-refractivity contribution in [3.63, 3.8) is 0 Å². The quantitative estimate of drug-likeness (QED) is 0.102. The van der Waals surface area contributed by atoms with E-state index in [1.807, 2.05) is 36.4 Å². The largest absolute Gasteiger partial charge is 0.302 e. The first-order valence-corrected chi connectivity index (χ1v) is 18.7. The summed E-state index contributed by atoms with van der Waals surface area (Å²) in [5, 5.41) is 6.46. The number of halogens is 2. The number of nitrogens with zero attached hydrogens (tertiary/aromatic N) is 4. The first-order chi connectivity index (χ1) is 23.3. The third kappa shape index (κ3) is 4.45. The molecule has 8 nitrogen and oxygen atoms in total. The summed E-state index contributed by atoms with van der Waals surface area (Å²) < 4.78 is 1.47. The molecule has 9 rings (SSSR count). The Bertz CT molecular complexity index is 2080. The van der Waals surface area contributed by atoms with Crippen LogP contribution in [-0.4, -0.2) is 95.6 Å². The van der Waals surface area contributed by atoms with Crippen LogP contribution in [0.2, 0.25) is 0 Å². The zero-order valence-electron chi connectivity index (χ0n) is 26.5. The van der Waals surface area contributed by atoms with Crippen molar-refractivity contribution in [1.29, 1.82) is 0 Å². The van der Waals surface area contributed by atoms with Gasteiger partial charge in [-0.2, -0.15) is 0 Å². The molecule has 0 aliphatic carbocycles. The van der Waals surface area contributed by atoms with Gasteiger partial charge in [-0.25, -0.2) is 0 Å². The van der Waals surface area contributed by atoms with Gasteiger partial charge < -0.3 is 9.80 Å². The molecule has 5 aromatic rings. The third-order valence-corrected chi connectivity index (χ3v) is 12.3. The molecular weight excluding hydrogens is 736 g/mol. The molecule has 2 saturated heterocycles. The highest BCUT2D eigenvalue weighted by Gasteiger charge is 2.38. The molecular formula is C38H34Br2N4O4. The molecule has 0 atom stereocenters. The Labute approximate surface area is 294 Å². The molecule has 0 N–H and O–H groups in total. The van der Waals surface area contributed by atoms with Crippen LogP contribution in [0.25, 0.3) is 43.1 Å². The zero-order valence-corrected chi connectivity index (χ0v) is 29.7. The minimum atomic E-state index is -0.273. The van der Waals surface area contributed by atoms with Crippen LogP contribution >= 0.6 is 31.9 Å². The number of likely N-dealkylation sites (tertiary alicyclic amines) is 2. The van der Waals surface area contributed by atoms with E-state index in [0.29, 0.717) is 59.2 Å². The standard InChI is InChI=1S/C38H34Br2N4O4/c39-27-19-25-29-23(35(45)43(37(25)47)17-15-41-11-3-1-4-12-41)9-7-21-32-28(40)20-26-30-24(10-8-22(34(30)32)31(27)33(21)29)36(46)44(38(26)48)18-16-42-13-5-2-6-14-42/h7-10,19-20H,1-6,11-18H2. The first kappa shape index (κ1) is 30.6. The van der Waals surface area contributed by atoms with E-state index in [9.17, 15) is 19.2 Å². The monoisotopic (exact) mass is 768 g/mol. The number of hydrogen-bond donors (Lipinski definition) is 0. The summed E-state index contributed by atoms with van der Waals surface area (Å²) >= 11 is 7.65. The molecule has 0 saturated carbocycles. The van der Waals surface area contributed by atoms with Crippen molar-refractivity contribution in [1.82, 2.24) is 19.6 Å². The van der Waals surface area contributed by atoms with Crippen molar-refractivity contribution < 1.29 is 19.2 Å². The van der Waals surface area contributed by atoms with Crippen LogP contribution in [0.15, 0.2) is 45.3 Å². The van der Waals surface area contributed by atoms with Gasteiger partial charge >= 0.3 is 0 Å². The molecule has 2 fully saturated rings. The van der Waals surface area contributed by atoms with E-state index in [4.69, 9.17) is 0 Å². The van der Waals surface area contributed by atoms with E-state index in [0.717, 1.165) is 93.1 Å². The summed E-state index contributed by atoms with van der Waals surface area (Å²) in [6, 6.07) is 11.3. The first-order valence-electron chi connectivity index (χ1n) is 17.1. The van der Waals surface area contributed by atoms with Gasteiger partial charge in [-0.1, -0.05) is 56.8 Å². The average Bonchev–Trinajstić information content (AvgIpc) is 3.10. The fraction of sp³-hybridized carbons (Fsp3) is 0.368. The van der Waals surface area contributed by atoms with Crippen molar-refractivity contribution >= 4 is 98.6 Å². The van der Waals surface area contributed by atoms with Crippen LogP contribution in [0.3, 0.4) is 0 Å². The zero-order chi connectivity index (χ0) is 32.8. The highest BCUT2D eigenvalue weighted by molar-refractivity contribution is 9.11. The normalized spacial score (nSPS) is 19.3. The number of hydrogen-bond acceptors (Lipinski definition) is 6. The van der Waals surface area contributed by atoms with Gasteiger partial charge in [-0.3, -0.25) is 29.0 Å². The average molecular weight is 771 g/mol. The lowest BCUT2D eigenvalue weighted by atomic mass is 9.82. The Balaban J connectivity index is 1.19. The van der Waals surface area contributed by atoms with Crippen molar-refractivity contribution in [2.45, 2.75) is 38.5 Å². The maximum absolute atomic E-state index is 14.0. The van der Waals surface area contributed by atoms with Gasteiger partial charge in [0.1, 0.15) is 0 Å². The number of piperidine rings is 2. The Morgan fingerprint density at radius 3 is 1.21 bits per heavy atom. The van der Waals surface area contributed by atoms with Crippen LogP contribution in [0.5, 0.6) is 0 Å². The Kier molecular flexibility index (Phi) is 7.38. The van der Waals surface area contributed by atoms with E-state index in [-0.39, 0.29) is 23.6 Å². The predicted molar refractivity (Wildman–Crippen MR) is 194 cm³/mol. The van der Waals surface area contributed by atoms with Crippen LogP contribution in [0.1, 0.15) is 80.0 Å². The lowest BCUT2D eigenvalue weighted by Crippen LogP contribution is -2.45. The number of benzene rings is 5. The van der Waals surface area contributed by atoms with Crippen molar-refractivity contribution in [3.8, 4) is 0 Å².